The summed E-state index contributed by atoms with van der Waals surface area (Å²) in [4.78, 5) is 37.0. The number of thiocarbonyl (C=S) groups is 1. The van der Waals surface area contributed by atoms with Crippen LogP contribution in [-0.2, 0) is 9.53 Å². The predicted octanol–water partition coefficient (Wildman–Crippen LogP) is 5.60. The number of ether oxygens (including phenoxy) is 1. The van der Waals surface area contributed by atoms with Gasteiger partial charge in [0.1, 0.15) is 0 Å². The summed E-state index contributed by atoms with van der Waals surface area (Å²) in [5.74, 6) is -0.752. The predicted molar refractivity (Wildman–Crippen MR) is 144 cm³/mol. The van der Waals surface area contributed by atoms with Crippen LogP contribution in [0.1, 0.15) is 34.6 Å². The third kappa shape index (κ3) is 7.40. The molecule has 180 valence electrons. The fourth-order valence-corrected chi connectivity index (χ4v) is 4.26. The number of carbonyl (C=O) groups is 3. The average Bonchev–Trinajstić information content (AvgIpc) is 2.84. The second-order valence-electron chi connectivity index (χ2n) is 7.53. The number of anilines is 3. The molecule has 1 atom stereocenters. The van der Waals surface area contributed by atoms with Crippen molar-refractivity contribution in [3.05, 3.63) is 83.9 Å². The van der Waals surface area contributed by atoms with Gasteiger partial charge in [-0.15, -0.1) is 11.8 Å². The van der Waals surface area contributed by atoms with Crippen molar-refractivity contribution in [2.75, 3.05) is 23.1 Å². The number of carbonyl (C=O) groups excluding carboxylic acids is 3. The summed E-state index contributed by atoms with van der Waals surface area (Å²) in [5.41, 5.74) is 2.85. The van der Waals surface area contributed by atoms with Gasteiger partial charge >= 0.3 is 5.97 Å². The van der Waals surface area contributed by atoms with E-state index in [0.29, 0.717) is 21.9 Å². The van der Waals surface area contributed by atoms with Crippen LogP contribution in [0.3, 0.4) is 0 Å². The Morgan fingerprint density at radius 3 is 2.26 bits per heavy atom. The second kappa shape index (κ2) is 12.1. The molecule has 9 heteroatoms. The Morgan fingerprint density at radius 1 is 0.886 bits per heavy atom. The molecule has 0 spiro atoms. The van der Waals surface area contributed by atoms with Gasteiger partial charge in [0, 0.05) is 21.8 Å². The lowest BCUT2D eigenvalue weighted by Gasteiger charge is -2.15. The number of benzene rings is 3. The van der Waals surface area contributed by atoms with Gasteiger partial charge in [0.25, 0.3) is 0 Å². The second-order valence-corrected chi connectivity index (χ2v) is 9.35. The molecule has 1 amide bonds. The van der Waals surface area contributed by atoms with Gasteiger partial charge in [-0.05, 0) is 80.7 Å². The van der Waals surface area contributed by atoms with Crippen molar-refractivity contribution in [3.8, 4) is 0 Å². The van der Waals surface area contributed by atoms with Crippen LogP contribution in [0.5, 0.6) is 0 Å². The fourth-order valence-electron chi connectivity index (χ4n) is 3.10. The molecule has 3 aromatic carbocycles. The highest BCUT2D eigenvalue weighted by atomic mass is 32.2. The first-order chi connectivity index (χ1) is 16.8. The van der Waals surface area contributed by atoms with Crippen molar-refractivity contribution in [1.82, 2.24) is 0 Å². The Balaban J connectivity index is 1.59. The molecule has 7 nitrogen and oxygen atoms in total. The number of amides is 1. The Morgan fingerprint density at radius 2 is 1.57 bits per heavy atom. The lowest BCUT2D eigenvalue weighted by atomic mass is 10.1. The molecule has 0 aliphatic heterocycles. The number of esters is 1. The van der Waals surface area contributed by atoms with Crippen LogP contribution in [-0.4, -0.2) is 35.1 Å². The topological polar surface area (TPSA) is 96.5 Å². The van der Waals surface area contributed by atoms with Gasteiger partial charge in [0.15, 0.2) is 10.9 Å². The van der Waals surface area contributed by atoms with Crippen molar-refractivity contribution >= 4 is 63.8 Å². The summed E-state index contributed by atoms with van der Waals surface area (Å²) >= 11 is 6.77. The van der Waals surface area contributed by atoms with Crippen LogP contribution in [0.2, 0.25) is 0 Å². The van der Waals surface area contributed by atoms with Crippen LogP contribution in [0.25, 0.3) is 0 Å². The van der Waals surface area contributed by atoms with Gasteiger partial charge < -0.3 is 20.7 Å². The lowest BCUT2D eigenvalue weighted by molar-refractivity contribution is -0.115. The zero-order valence-corrected chi connectivity index (χ0v) is 21.1. The molecule has 0 bridgehead atoms. The van der Waals surface area contributed by atoms with Crippen LogP contribution >= 0.6 is 24.0 Å². The number of hydrogen-bond donors (Lipinski definition) is 3. The summed E-state index contributed by atoms with van der Waals surface area (Å²) < 4.78 is 4.78. The van der Waals surface area contributed by atoms with E-state index in [9.17, 15) is 14.4 Å². The highest BCUT2D eigenvalue weighted by Crippen LogP contribution is 2.27. The summed E-state index contributed by atoms with van der Waals surface area (Å²) in [5, 5.41) is 8.98. The van der Waals surface area contributed by atoms with Crippen LogP contribution in [0.15, 0.2) is 77.7 Å². The maximum absolute atomic E-state index is 12.8. The summed E-state index contributed by atoms with van der Waals surface area (Å²) in [7, 11) is 1.30. The molecule has 3 N–H and O–H groups in total. The highest BCUT2D eigenvalue weighted by molar-refractivity contribution is 8.00. The summed E-state index contributed by atoms with van der Waals surface area (Å²) in [6.45, 7) is 3.31. The van der Waals surface area contributed by atoms with E-state index in [1.807, 2.05) is 24.3 Å². The lowest BCUT2D eigenvalue weighted by Crippen LogP contribution is -2.23. The molecule has 0 saturated heterocycles. The maximum atomic E-state index is 12.8. The number of thioether (sulfide) groups is 1. The van der Waals surface area contributed by atoms with E-state index in [4.69, 9.17) is 17.0 Å². The van der Waals surface area contributed by atoms with Crippen molar-refractivity contribution in [2.24, 2.45) is 0 Å². The molecule has 0 aliphatic rings. The number of ketones is 1. The Kier molecular flexibility index (Phi) is 8.99. The minimum Gasteiger partial charge on any atom is -0.465 e. The van der Waals surface area contributed by atoms with Gasteiger partial charge in [-0.1, -0.05) is 18.2 Å². The molecule has 0 aromatic heterocycles. The van der Waals surface area contributed by atoms with Crippen molar-refractivity contribution in [1.29, 1.82) is 0 Å². The summed E-state index contributed by atoms with van der Waals surface area (Å²) in [6, 6.07) is 21.3. The van der Waals surface area contributed by atoms with E-state index in [2.05, 4.69) is 16.0 Å². The molecule has 1 unspecified atom stereocenters. The molecule has 3 rings (SSSR count). The van der Waals surface area contributed by atoms with Crippen molar-refractivity contribution in [2.45, 2.75) is 24.0 Å². The highest BCUT2D eigenvalue weighted by Gasteiger charge is 2.18. The average molecular weight is 508 g/mol. The van der Waals surface area contributed by atoms with E-state index >= 15 is 0 Å². The van der Waals surface area contributed by atoms with Crippen molar-refractivity contribution in [3.63, 3.8) is 0 Å². The number of rotatable bonds is 8. The maximum Gasteiger partial charge on any atom is 0.339 e. The molecule has 35 heavy (non-hydrogen) atoms. The number of Topliss-reactive ketones (excluding diaryl/α,β-unsaturated/α-hetero) is 1. The van der Waals surface area contributed by atoms with Gasteiger partial charge in [-0.25, -0.2) is 4.79 Å². The van der Waals surface area contributed by atoms with E-state index in [-0.39, 0.29) is 11.7 Å². The molecule has 0 radical (unpaired) electrons. The quantitative estimate of drug-likeness (QED) is 0.157. The Bertz CT molecular complexity index is 1250. The normalized spacial score (nSPS) is 11.2. The first-order valence-electron chi connectivity index (χ1n) is 10.7. The largest absolute Gasteiger partial charge is 0.465 e. The van der Waals surface area contributed by atoms with Gasteiger partial charge in [0.2, 0.25) is 5.91 Å². The molecule has 3 aromatic rings. The molecule has 0 aliphatic carbocycles. The van der Waals surface area contributed by atoms with Gasteiger partial charge in [0.05, 0.1) is 23.6 Å². The SMILES string of the molecule is COC(=O)c1ccccc1NC(=O)C(C)Sc1cccc(NC(=S)Nc2ccc(C(C)=O)cc2)c1. The third-order valence-electron chi connectivity index (χ3n) is 4.91. The number of para-hydroxylation sites is 1. The standard InChI is InChI=1S/C26H25N3O4S2/c1-16(30)18-11-13-19(14-12-18)27-26(34)28-20-7-6-8-21(15-20)35-17(2)24(31)29-23-10-5-4-9-22(23)25(32)33-3/h4-15,17H,1-3H3,(H,29,31)(H2,27,28,34). The molecular formula is C26H25N3O4S2. The van der Waals surface area contributed by atoms with E-state index in [1.54, 1.807) is 55.5 Å². The van der Waals surface area contributed by atoms with Crippen LogP contribution in [0.4, 0.5) is 17.1 Å². The monoisotopic (exact) mass is 507 g/mol. The minimum atomic E-state index is -0.514. The number of methoxy groups -OCH3 is 1. The smallest absolute Gasteiger partial charge is 0.339 e. The fraction of sp³-hybridized carbons (Fsp3) is 0.154. The van der Waals surface area contributed by atoms with Crippen molar-refractivity contribution < 1.29 is 19.1 Å². The number of hydrogen-bond acceptors (Lipinski definition) is 6. The summed E-state index contributed by atoms with van der Waals surface area (Å²) in [6.07, 6.45) is 0. The van der Waals surface area contributed by atoms with Gasteiger partial charge in [-0.2, -0.15) is 0 Å². The molecular weight excluding hydrogens is 482 g/mol. The first-order valence-corrected chi connectivity index (χ1v) is 12.0. The first kappa shape index (κ1) is 25.9. The van der Waals surface area contributed by atoms with E-state index in [0.717, 1.165) is 16.3 Å². The zero-order valence-electron chi connectivity index (χ0n) is 19.5. The Labute approximate surface area is 213 Å². The van der Waals surface area contributed by atoms with Gasteiger partial charge in [-0.3, -0.25) is 9.59 Å². The third-order valence-corrected chi connectivity index (χ3v) is 6.21. The molecule has 0 saturated carbocycles. The minimum absolute atomic E-state index is 0.00199. The Hall–Kier alpha value is -3.69. The number of nitrogens with one attached hydrogen (secondary N) is 3. The van der Waals surface area contributed by atoms with E-state index in [1.165, 1.54) is 25.8 Å². The van der Waals surface area contributed by atoms with E-state index < -0.39 is 11.2 Å². The zero-order chi connectivity index (χ0) is 25.4. The van der Waals surface area contributed by atoms with Crippen LogP contribution < -0.4 is 16.0 Å². The molecule has 0 heterocycles. The van der Waals surface area contributed by atoms with Crippen LogP contribution in [0, 0.1) is 0 Å². The molecule has 0 fully saturated rings.